The fourth-order valence-corrected chi connectivity index (χ4v) is 6.04. The van der Waals surface area contributed by atoms with Crippen LogP contribution in [0.15, 0.2) is 36.4 Å². The molecule has 0 aromatic heterocycles. The Bertz CT molecular complexity index is 1060. The molecule has 1 saturated carbocycles. The highest BCUT2D eigenvalue weighted by Crippen LogP contribution is 2.45. The molecule has 6 heteroatoms. The van der Waals surface area contributed by atoms with Crippen molar-refractivity contribution < 1.29 is 0 Å². The molecule has 3 rings (SSSR count). The molecule has 1 fully saturated rings. The van der Waals surface area contributed by atoms with Gasteiger partial charge in [0.25, 0.3) is 0 Å². The molecule has 0 radical (unpaired) electrons. The summed E-state index contributed by atoms with van der Waals surface area (Å²) in [4.78, 5) is 0. The van der Waals surface area contributed by atoms with Crippen molar-refractivity contribution in [1.82, 2.24) is 10.6 Å². The molecule has 2 aromatic rings. The summed E-state index contributed by atoms with van der Waals surface area (Å²) >= 11 is 11.3. The van der Waals surface area contributed by atoms with E-state index in [0.29, 0.717) is 16.3 Å². The molecule has 2 unspecified atom stereocenters. The van der Waals surface area contributed by atoms with Crippen LogP contribution in [0.25, 0.3) is 0 Å². The number of rotatable bonds is 5. The fourth-order valence-electron chi connectivity index (χ4n) is 5.58. The Kier molecular flexibility index (Phi) is 8.25. The maximum atomic E-state index is 5.69. The summed E-state index contributed by atoms with van der Waals surface area (Å²) in [5.41, 5.74) is 7.33. The molecule has 0 heterocycles. The zero-order valence-corrected chi connectivity index (χ0v) is 23.3. The van der Waals surface area contributed by atoms with E-state index in [1.165, 1.54) is 22.3 Å². The van der Waals surface area contributed by atoms with Gasteiger partial charge in [-0.25, -0.2) is 0 Å². The predicted molar refractivity (Wildman–Crippen MR) is 155 cm³/mol. The van der Waals surface area contributed by atoms with Crippen LogP contribution in [-0.2, 0) is 0 Å². The zero-order valence-electron chi connectivity index (χ0n) is 21.7. The summed E-state index contributed by atoms with van der Waals surface area (Å²) in [5.74, 6) is 0. The molecule has 0 aliphatic heterocycles. The molecule has 0 bridgehead atoms. The van der Waals surface area contributed by atoms with Gasteiger partial charge in [0.1, 0.15) is 0 Å². The van der Waals surface area contributed by atoms with Crippen molar-refractivity contribution in [1.29, 1.82) is 0 Å². The van der Waals surface area contributed by atoms with Gasteiger partial charge in [-0.3, -0.25) is 0 Å². The van der Waals surface area contributed by atoms with Crippen LogP contribution in [0.1, 0.15) is 62.3 Å². The van der Waals surface area contributed by atoms with Gasteiger partial charge in [0.05, 0.1) is 0 Å². The minimum absolute atomic E-state index is 0.100. The van der Waals surface area contributed by atoms with Crippen LogP contribution >= 0.6 is 24.4 Å². The molecular weight excluding hydrogens is 456 g/mol. The van der Waals surface area contributed by atoms with Gasteiger partial charge >= 0.3 is 0 Å². The fraction of sp³-hybridized carbons (Fsp3) is 0.500. The quantitative estimate of drug-likeness (QED) is 0.342. The molecule has 4 nitrogen and oxygen atoms in total. The minimum atomic E-state index is 0.100. The molecule has 2 aromatic carbocycles. The third-order valence-corrected chi connectivity index (χ3v) is 7.18. The summed E-state index contributed by atoms with van der Waals surface area (Å²) in [7, 11) is 0. The van der Waals surface area contributed by atoms with E-state index in [1.807, 2.05) is 0 Å². The number of hydrogen-bond donors (Lipinski definition) is 4. The van der Waals surface area contributed by atoms with E-state index >= 15 is 0 Å². The smallest absolute Gasteiger partial charge is 0.171 e. The number of hydrogen-bond acceptors (Lipinski definition) is 2. The largest absolute Gasteiger partial charge is 0.362 e. The first-order valence-electron chi connectivity index (χ1n) is 12.1. The van der Waals surface area contributed by atoms with Gasteiger partial charge in [-0.15, -0.1) is 0 Å². The molecule has 2 atom stereocenters. The second kappa shape index (κ2) is 10.6. The Morgan fingerprint density at radius 2 is 1.35 bits per heavy atom. The predicted octanol–water partition coefficient (Wildman–Crippen LogP) is 6.78. The molecular formula is C28H40N4S2. The highest BCUT2D eigenvalue weighted by atomic mass is 32.1. The van der Waals surface area contributed by atoms with E-state index in [2.05, 4.69) is 106 Å². The van der Waals surface area contributed by atoms with Gasteiger partial charge in [0.15, 0.2) is 10.2 Å². The van der Waals surface area contributed by atoms with Crippen LogP contribution in [0.2, 0.25) is 0 Å². The van der Waals surface area contributed by atoms with Gasteiger partial charge in [0, 0.05) is 24.0 Å². The van der Waals surface area contributed by atoms with Gasteiger partial charge in [-0.05, 0) is 105 Å². The molecule has 0 amide bonds. The Morgan fingerprint density at radius 1 is 0.824 bits per heavy atom. The maximum absolute atomic E-state index is 5.69. The van der Waals surface area contributed by atoms with Crippen LogP contribution in [0, 0.1) is 38.5 Å². The Hall–Kier alpha value is -2.18. The van der Waals surface area contributed by atoms with Crippen LogP contribution in [0.4, 0.5) is 11.4 Å². The SMILES string of the molecule is Cc1ccc(NC(=S)NCC2(C)CC(NC(=S)Nc3ccc(C)cc3C)CC(C)(C)C2)c(C)c1. The van der Waals surface area contributed by atoms with E-state index in [1.54, 1.807) is 0 Å². The number of nitrogens with one attached hydrogen (secondary N) is 4. The van der Waals surface area contributed by atoms with Crippen molar-refractivity contribution >= 4 is 46.0 Å². The summed E-state index contributed by atoms with van der Waals surface area (Å²) in [6.07, 6.45) is 3.25. The second-order valence-electron chi connectivity index (χ2n) is 11.3. The molecule has 1 aliphatic carbocycles. The first kappa shape index (κ1) is 26.4. The van der Waals surface area contributed by atoms with Gasteiger partial charge in [-0.1, -0.05) is 56.2 Å². The van der Waals surface area contributed by atoms with Gasteiger partial charge in [-0.2, -0.15) is 0 Å². The molecule has 0 spiro atoms. The summed E-state index contributed by atoms with van der Waals surface area (Å²) in [5, 5.41) is 15.2. The number of thiocarbonyl (C=S) groups is 2. The lowest BCUT2D eigenvalue weighted by Crippen LogP contribution is -2.51. The Morgan fingerprint density at radius 3 is 1.88 bits per heavy atom. The van der Waals surface area contributed by atoms with Gasteiger partial charge in [0.2, 0.25) is 0 Å². The zero-order chi connectivity index (χ0) is 25.1. The van der Waals surface area contributed by atoms with Crippen molar-refractivity contribution in [3.63, 3.8) is 0 Å². The second-order valence-corrected chi connectivity index (χ2v) is 12.1. The summed E-state index contributed by atoms with van der Waals surface area (Å²) < 4.78 is 0. The van der Waals surface area contributed by atoms with E-state index in [9.17, 15) is 0 Å². The molecule has 4 N–H and O–H groups in total. The molecule has 1 aliphatic rings. The number of aryl methyl sites for hydroxylation is 4. The standard InChI is InChI=1S/C28H40N4S2/c1-18-8-10-23(20(3)12-18)31-25(33)29-17-28(7)15-22(14-27(5,6)16-28)30-26(34)32-24-11-9-19(2)13-21(24)4/h8-13,22H,14-17H2,1-7H3,(H2,29,31,33)(H2,30,32,34). The van der Waals surface area contributed by atoms with Crippen LogP contribution in [0.3, 0.4) is 0 Å². The lowest BCUT2D eigenvalue weighted by molar-refractivity contribution is 0.0807. The maximum Gasteiger partial charge on any atom is 0.171 e. The van der Waals surface area contributed by atoms with Crippen molar-refractivity contribution in [2.24, 2.45) is 10.8 Å². The highest BCUT2D eigenvalue weighted by molar-refractivity contribution is 7.80. The topological polar surface area (TPSA) is 48.1 Å². The van der Waals surface area contributed by atoms with Crippen LogP contribution < -0.4 is 21.3 Å². The van der Waals surface area contributed by atoms with Crippen molar-refractivity contribution in [3.8, 4) is 0 Å². The molecule has 0 saturated heterocycles. The van der Waals surface area contributed by atoms with Crippen molar-refractivity contribution in [2.45, 2.75) is 73.8 Å². The van der Waals surface area contributed by atoms with Crippen molar-refractivity contribution in [3.05, 3.63) is 58.7 Å². The Balaban J connectivity index is 1.59. The van der Waals surface area contributed by atoms with E-state index in [0.717, 1.165) is 37.2 Å². The third kappa shape index (κ3) is 7.41. The van der Waals surface area contributed by atoms with Gasteiger partial charge < -0.3 is 21.3 Å². The van der Waals surface area contributed by atoms with Crippen molar-refractivity contribution in [2.75, 3.05) is 17.2 Å². The van der Waals surface area contributed by atoms with Crippen LogP contribution in [0.5, 0.6) is 0 Å². The third-order valence-electron chi connectivity index (χ3n) is 6.71. The Labute approximate surface area is 216 Å². The number of benzene rings is 2. The van der Waals surface area contributed by atoms with E-state index in [-0.39, 0.29) is 10.8 Å². The van der Waals surface area contributed by atoms with Crippen LogP contribution in [-0.4, -0.2) is 22.8 Å². The summed E-state index contributed by atoms with van der Waals surface area (Å²) in [6, 6.07) is 13.1. The summed E-state index contributed by atoms with van der Waals surface area (Å²) in [6.45, 7) is 16.3. The lowest BCUT2D eigenvalue weighted by Gasteiger charge is -2.47. The number of anilines is 2. The monoisotopic (exact) mass is 496 g/mol. The van der Waals surface area contributed by atoms with E-state index < -0.39 is 0 Å². The molecule has 34 heavy (non-hydrogen) atoms. The highest BCUT2D eigenvalue weighted by Gasteiger charge is 2.41. The first-order chi connectivity index (χ1) is 15.8. The average molecular weight is 497 g/mol. The minimum Gasteiger partial charge on any atom is -0.362 e. The lowest BCUT2D eigenvalue weighted by atomic mass is 9.62. The molecule has 184 valence electrons. The average Bonchev–Trinajstić information content (AvgIpc) is 2.69. The van der Waals surface area contributed by atoms with E-state index in [4.69, 9.17) is 24.4 Å². The first-order valence-corrected chi connectivity index (χ1v) is 12.9. The normalized spacial score (nSPS) is 21.4.